The number of nitrogens with zero attached hydrogens (tertiary/aromatic N) is 3. The van der Waals surface area contributed by atoms with E-state index in [0.29, 0.717) is 0 Å². The van der Waals surface area contributed by atoms with Crippen LogP contribution < -0.4 is 11.3 Å². The number of carboxylic acids is 1. The fourth-order valence-corrected chi connectivity index (χ4v) is 4.57. The molecular weight excluding hydrogens is 405 g/mol. The Morgan fingerprint density at radius 1 is 1.48 bits per heavy atom. The average molecular weight is 419 g/mol. The highest BCUT2D eigenvalue weighted by Crippen LogP contribution is 2.44. The molecular formula is C12H14N5O8PS. The van der Waals surface area contributed by atoms with Crippen LogP contribution in [0.5, 0.6) is 0 Å². The summed E-state index contributed by atoms with van der Waals surface area (Å²) in [7, 11) is -2.74. The van der Waals surface area contributed by atoms with E-state index in [1.165, 1.54) is 4.57 Å². The molecule has 0 radical (unpaired) electrons. The molecule has 0 amide bonds. The number of nitrogens with one attached hydrogen (secondary N) is 1. The minimum absolute atomic E-state index is 0.0143. The molecule has 146 valence electrons. The zero-order valence-electron chi connectivity index (χ0n) is 13.4. The average Bonchev–Trinajstić information content (AvgIpc) is 3.11. The number of aliphatic carboxylic acids is 1. The first-order valence-electron chi connectivity index (χ1n) is 7.64. The van der Waals surface area contributed by atoms with Crippen LogP contribution in [0, 0.1) is 0 Å². The van der Waals surface area contributed by atoms with E-state index in [-0.39, 0.29) is 34.6 Å². The van der Waals surface area contributed by atoms with Crippen molar-refractivity contribution in [3.63, 3.8) is 0 Å². The topological polar surface area (TPSA) is 192 Å². The van der Waals surface area contributed by atoms with E-state index in [4.69, 9.17) is 24.6 Å². The van der Waals surface area contributed by atoms with Gasteiger partial charge in [-0.2, -0.15) is 4.98 Å². The van der Waals surface area contributed by atoms with Crippen molar-refractivity contribution in [2.24, 2.45) is 0 Å². The predicted molar refractivity (Wildman–Crippen MR) is 90.7 cm³/mol. The predicted octanol–water partition coefficient (Wildman–Crippen LogP) is -1.06. The molecule has 4 heterocycles. The van der Waals surface area contributed by atoms with Crippen LogP contribution in [0.3, 0.4) is 0 Å². The summed E-state index contributed by atoms with van der Waals surface area (Å²) in [5.41, 5.74) is 4.90. The highest BCUT2D eigenvalue weighted by Gasteiger charge is 2.50. The number of thioether (sulfide) groups is 1. The minimum atomic E-state index is -2.74. The van der Waals surface area contributed by atoms with Crippen LogP contribution in [0.25, 0.3) is 11.2 Å². The largest absolute Gasteiger partial charge is 0.481 e. The zero-order valence-corrected chi connectivity index (χ0v) is 15.2. The van der Waals surface area contributed by atoms with Crippen LogP contribution in [0.2, 0.25) is 0 Å². The van der Waals surface area contributed by atoms with E-state index in [2.05, 4.69) is 15.0 Å². The van der Waals surface area contributed by atoms with Gasteiger partial charge in [0.25, 0.3) is 5.56 Å². The van der Waals surface area contributed by atoms with E-state index in [1.807, 2.05) is 0 Å². The number of imidazole rings is 1. The summed E-state index contributed by atoms with van der Waals surface area (Å²) < 4.78 is 28.6. The molecule has 5 atom stereocenters. The summed E-state index contributed by atoms with van der Waals surface area (Å²) in [5.74, 6) is -1.63. The molecule has 27 heavy (non-hydrogen) atoms. The quantitative estimate of drug-likeness (QED) is 0.347. The van der Waals surface area contributed by atoms with Gasteiger partial charge in [0.2, 0.25) is 5.95 Å². The van der Waals surface area contributed by atoms with Gasteiger partial charge < -0.3 is 29.7 Å². The second-order valence-corrected chi connectivity index (χ2v) is 7.74. The lowest BCUT2D eigenvalue weighted by molar-refractivity contribution is -0.133. The summed E-state index contributed by atoms with van der Waals surface area (Å²) in [6, 6.07) is 0. The Bertz CT molecular complexity index is 994. The fourth-order valence-electron chi connectivity index (χ4n) is 2.95. The molecule has 0 bridgehead atoms. The van der Waals surface area contributed by atoms with Gasteiger partial charge in [-0.05, 0) is 0 Å². The molecule has 2 saturated heterocycles. The molecule has 15 heteroatoms. The second-order valence-electron chi connectivity index (χ2n) is 5.77. The normalized spacial score (nSPS) is 30.5. The van der Waals surface area contributed by atoms with E-state index < -0.39 is 44.3 Å². The standard InChI is InChI=1S/C12H14N5O8PS/c13-11-15-8-5(9(21)16-11)14-12(27-2-4(18)19)17(8)10-6(20)7-3(24-10)1-23-26(22)25-7/h3,6-7,10,20,26H,1-2H2,(H,18,19)(H3,13,15,16,21)/t3?,6?,7-,10-/m1/s1. The molecule has 0 saturated carbocycles. The number of anilines is 1. The lowest BCUT2D eigenvalue weighted by Crippen LogP contribution is -2.37. The molecule has 0 spiro atoms. The van der Waals surface area contributed by atoms with Crippen molar-refractivity contribution in [3.05, 3.63) is 10.4 Å². The monoisotopic (exact) mass is 419 g/mol. The number of fused-ring (bicyclic) bond motifs is 2. The van der Waals surface area contributed by atoms with E-state index >= 15 is 0 Å². The number of carboxylic acid groups (broad SMARTS) is 1. The van der Waals surface area contributed by atoms with Crippen molar-refractivity contribution in [1.82, 2.24) is 19.5 Å². The van der Waals surface area contributed by atoms with E-state index in [9.17, 15) is 19.3 Å². The third kappa shape index (κ3) is 3.24. The maximum Gasteiger partial charge on any atom is 0.319 e. The number of hydrogen-bond acceptors (Lipinski definition) is 11. The van der Waals surface area contributed by atoms with Gasteiger partial charge in [-0.15, -0.1) is 0 Å². The molecule has 2 fully saturated rings. The highest BCUT2D eigenvalue weighted by molar-refractivity contribution is 7.99. The Labute approximate surface area is 154 Å². The zero-order chi connectivity index (χ0) is 19.3. The van der Waals surface area contributed by atoms with E-state index in [1.54, 1.807) is 0 Å². The first kappa shape index (κ1) is 18.4. The van der Waals surface area contributed by atoms with Crippen molar-refractivity contribution >= 4 is 43.1 Å². The van der Waals surface area contributed by atoms with Crippen molar-refractivity contribution in [2.75, 3.05) is 18.1 Å². The van der Waals surface area contributed by atoms with Gasteiger partial charge in [0.05, 0.1) is 12.4 Å². The number of aliphatic hydroxyl groups is 1. The Morgan fingerprint density at radius 3 is 3.00 bits per heavy atom. The number of nitrogens with two attached hydrogens (primary N) is 1. The molecule has 2 aromatic heterocycles. The number of carbonyl (C=O) groups is 1. The van der Waals surface area contributed by atoms with Gasteiger partial charge in [-0.25, -0.2) is 4.98 Å². The number of H-pyrrole nitrogens is 1. The van der Waals surface area contributed by atoms with Gasteiger partial charge >= 0.3 is 14.2 Å². The van der Waals surface area contributed by atoms with Crippen LogP contribution >= 0.6 is 20.0 Å². The lowest BCUT2D eigenvalue weighted by Gasteiger charge is -2.24. The molecule has 2 aromatic rings. The molecule has 0 aromatic carbocycles. The third-order valence-corrected chi connectivity index (χ3v) is 5.83. The Kier molecular flexibility index (Phi) is 4.70. The molecule has 2 aliphatic rings. The first-order valence-corrected chi connectivity index (χ1v) is 9.85. The molecule has 5 N–H and O–H groups in total. The highest BCUT2D eigenvalue weighted by atomic mass is 32.2. The Morgan fingerprint density at radius 2 is 2.26 bits per heavy atom. The number of ether oxygens (including phenoxy) is 1. The van der Waals surface area contributed by atoms with Crippen LogP contribution in [0.15, 0.2) is 9.95 Å². The van der Waals surface area contributed by atoms with Crippen LogP contribution in [0.1, 0.15) is 6.23 Å². The van der Waals surface area contributed by atoms with Gasteiger partial charge in [0.1, 0.15) is 18.3 Å². The molecule has 3 unspecified atom stereocenters. The smallest absolute Gasteiger partial charge is 0.319 e. The number of aliphatic hydroxyl groups excluding tert-OH is 1. The second kappa shape index (κ2) is 6.89. The number of rotatable bonds is 4. The maximum absolute atomic E-state index is 12.1. The Hall–Kier alpha value is -1.96. The van der Waals surface area contributed by atoms with Crippen LogP contribution in [-0.4, -0.2) is 66.4 Å². The summed E-state index contributed by atoms with van der Waals surface area (Å²) >= 11 is 0.818. The minimum Gasteiger partial charge on any atom is -0.481 e. The number of hydrogen-bond donors (Lipinski definition) is 4. The van der Waals surface area contributed by atoms with Crippen molar-refractivity contribution < 1.29 is 33.4 Å². The van der Waals surface area contributed by atoms with Crippen LogP contribution in [0.4, 0.5) is 5.95 Å². The first-order chi connectivity index (χ1) is 12.8. The number of aromatic amines is 1. The van der Waals surface area contributed by atoms with Crippen LogP contribution in [-0.2, 0) is 23.1 Å². The van der Waals surface area contributed by atoms with Gasteiger partial charge in [0, 0.05) is 0 Å². The third-order valence-electron chi connectivity index (χ3n) is 4.02. The molecule has 0 aliphatic carbocycles. The molecule has 2 aliphatic heterocycles. The number of aromatic nitrogens is 4. The maximum atomic E-state index is 12.1. The molecule has 4 rings (SSSR count). The van der Waals surface area contributed by atoms with Gasteiger partial charge in [0.15, 0.2) is 22.5 Å². The summed E-state index contributed by atoms with van der Waals surface area (Å²) in [6.07, 6.45) is -4.02. The summed E-state index contributed by atoms with van der Waals surface area (Å²) in [6.45, 7) is -0.0452. The SMILES string of the molecule is Nc1nc2c(nc(SCC(=O)O)n2[C@@H]2OC3CO[PH](=O)O[C@H]3C2O)c(=O)[nH]1. The van der Waals surface area contributed by atoms with Gasteiger partial charge in [-0.3, -0.25) is 23.7 Å². The molecule has 13 nitrogen and oxygen atoms in total. The lowest BCUT2D eigenvalue weighted by atomic mass is 10.1. The van der Waals surface area contributed by atoms with Gasteiger partial charge in [-0.1, -0.05) is 11.8 Å². The van der Waals surface area contributed by atoms with Crippen molar-refractivity contribution in [3.8, 4) is 0 Å². The fraction of sp³-hybridized carbons (Fsp3) is 0.500. The van der Waals surface area contributed by atoms with E-state index in [0.717, 1.165) is 11.8 Å². The van der Waals surface area contributed by atoms with Crippen molar-refractivity contribution in [1.29, 1.82) is 0 Å². The summed E-state index contributed by atoms with van der Waals surface area (Å²) in [5, 5.41) is 19.7. The summed E-state index contributed by atoms with van der Waals surface area (Å²) in [4.78, 5) is 33.5. The van der Waals surface area contributed by atoms with Crippen molar-refractivity contribution in [2.45, 2.75) is 29.7 Å². The number of nitrogen functional groups attached to an aromatic ring is 1. The Balaban J connectivity index is 1.81.